The van der Waals surface area contributed by atoms with Crippen molar-refractivity contribution in [3.63, 3.8) is 0 Å². The maximum absolute atomic E-state index is 12.3. The third kappa shape index (κ3) is 3.36. The second-order valence-electron chi connectivity index (χ2n) is 4.80. The van der Waals surface area contributed by atoms with E-state index in [4.69, 9.17) is 9.47 Å². The molecule has 2 heterocycles. The van der Waals surface area contributed by atoms with Crippen LogP contribution in [0.25, 0.3) is 10.2 Å². The summed E-state index contributed by atoms with van der Waals surface area (Å²) < 4.78 is 9.84. The van der Waals surface area contributed by atoms with Gasteiger partial charge in [-0.15, -0.1) is 11.3 Å². The maximum Gasteiger partial charge on any atom is 0.309 e. The number of hydrogen-bond donors (Lipinski definition) is 1. The molecule has 0 radical (unpaired) electrons. The SMILES string of the molecule is CCOC(=O)[C@@H](C)CC(=O)c1cc2cc(O)c(OC)nc2s1. The van der Waals surface area contributed by atoms with Gasteiger partial charge < -0.3 is 14.6 Å². The Morgan fingerprint density at radius 3 is 2.77 bits per heavy atom. The lowest BCUT2D eigenvalue weighted by Gasteiger charge is -2.08. The van der Waals surface area contributed by atoms with Crippen molar-refractivity contribution >= 4 is 33.3 Å². The first-order valence-corrected chi connectivity index (χ1v) is 7.65. The minimum Gasteiger partial charge on any atom is -0.503 e. The molecule has 0 aliphatic rings. The Balaban J connectivity index is 2.20. The molecule has 0 unspecified atom stereocenters. The van der Waals surface area contributed by atoms with Crippen LogP contribution >= 0.6 is 11.3 Å². The van der Waals surface area contributed by atoms with Gasteiger partial charge in [-0.3, -0.25) is 9.59 Å². The number of rotatable bonds is 6. The number of aromatic nitrogens is 1. The molecule has 0 spiro atoms. The van der Waals surface area contributed by atoms with Crippen LogP contribution in [0.3, 0.4) is 0 Å². The number of carbonyl (C=O) groups excluding carboxylic acids is 2. The van der Waals surface area contributed by atoms with E-state index < -0.39 is 5.92 Å². The van der Waals surface area contributed by atoms with Crippen molar-refractivity contribution in [1.82, 2.24) is 4.98 Å². The number of carbonyl (C=O) groups is 2. The fraction of sp³-hybridized carbons (Fsp3) is 0.400. The molecule has 0 bridgehead atoms. The lowest BCUT2D eigenvalue weighted by atomic mass is 10.0. The standard InChI is InChI=1S/C15H17NO5S/c1-4-21-15(19)8(2)5-10(17)12-7-9-6-11(18)13(20-3)16-14(9)22-12/h6-8,18H,4-5H2,1-3H3/t8-/m0/s1. The Hall–Kier alpha value is -2.15. The van der Waals surface area contributed by atoms with Gasteiger partial charge in [0.15, 0.2) is 11.5 Å². The molecule has 0 saturated heterocycles. The smallest absolute Gasteiger partial charge is 0.309 e. The lowest BCUT2D eigenvalue weighted by molar-refractivity contribution is -0.147. The first kappa shape index (κ1) is 16.2. The number of methoxy groups -OCH3 is 1. The van der Waals surface area contributed by atoms with Crippen LogP contribution in [-0.2, 0) is 9.53 Å². The largest absolute Gasteiger partial charge is 0.503 e. The van der Waals surface area contributed by atoms with Crippen molar-refractivity contribution in [2.75, 3.05) is 13.7 Å². The monoisotopic (exact) mass is 323 g/mol. The van der Waals surface area contributed by atoms with Gasteiger partial charge in [0.05, 0.1) is 24.5 Å². The molecular formula is C15H17NO5S. The number of pyridine rings is 1. The summed E-state index contributed by atoms with van der Waals surface area (Å²) in [4.78, 5) is 29.1. The van der Waals surface area contributed by atoms with Gasteiger partial charge in [-0.1, -0.05) is 6.92 Å². The normalized spacial score (nSPS) is 12.1. The van der Waals surface area contributed by atoms with E-state index in [-0.39, 0.29) is 29.8 Å². The quantitative estimate of drug-likeness (QED) is 0.650. The molecule has 2 aromatic heterocycles. The highest BCUT2D eigenvalue weighted by molar-refractivity contribution is 7.20. The second-order valence-corrected chi connectivity index (χ2v) is 5.83. The number of nitrogens with zero attached hydrogens (tertiary/aromatic N) is 1. The molecule has 0 saturated carbocycles. The molecule has 0 aliphatic heterocycles. The zero-order valence-electron chi connectivity index (χ0n) is 12.6. The molecule has 0 aliphatic carbocycles. The molecule has 0 amide bonds. The summed E-state index contributed by atoms with van der Waals surface area (Å²) in [6.07, 6.45) is 0.0781. The van der Waals surface area contributed by atoms with E-state index in [9.17, 15) is 14.7 Å². The van der Waals surface area contributed by atoms with E-state index in [1.807, 2.05) is 0 Å². The Labute approximate surface area is 131 Å². The van der Waals surface area contributed by atoms with Crippen molar-refractivity contribution < 1.29 is 24.2 Å². The molecular weight excluding hydrogens is 306 g/mol. The summed E-state index contributed by atoms with van der Waals surface area (Å²) in [7, 11) is 1.41. The molecule has 7 heteroatoms. The van der Waals surface area contributed by atoms with Crippen molar-refractivity contribution in [3.8, 4) is 11.6 Å². The van der Waals surface area contributed by atoms with Crippen molar-refractivity contribution in [1.29, 1.82) is 0 Å². The third-order valence-corrected chi connectivity index (χ3v) is 4.19. The fourth-order valence-corrected chi connectivity index (χ4v) is 2.93. The highest BCUT2D eigenvalue weighted by Gasteiger charge is 2.21. The van der Waals surface area contributed by atoms with E-state index in [2.05, 4.69) is 4.98 Å². The molecule has 118 valence electrons. The maximum atomic E-state index is 12.3. The van der Waals surface area contributed by atoms with E-state index in [1.165, 1.54) is 24.5 Å². The number of esters is 1. The van der Waals surface area contributed by atoms with Crippen molar-refractivity contribution in [2.45, 2.75) is 20.3 Å². The van der Waals surface area contributed by atoms with E-state index in [0.29, 0.717) is 21.7 Å². The Morgan fingerprint density at radius 1 is 1.41 bits per heavy atom. The fourth-order valence-electron chi connectivity index (χ4n) is 1.98. The molecule has 2 aromatic rings. The molecule has 0 fully saturated rings. The zero-order chi connectivity index (χ0) is 16.3. The average molecular weight is 323 g/mol. The summed E-state index contributed by atoms with van der Waals surface area (Å²) in [6.45, 7) is 3.68. The van der Waals surface area contributed by atoms with Crippen molar-refractivity contribution in [3.05, 3.63) is 17.0 Å². The van der Waals surface area contributed by atoms with Gasteiger partial charge in [0.25, 0.3) is 5.88 Å². The minimum atomic E-state index is -0.492. The number of hydrogen-bond acceptors (Lipinski definition) is 7. The Kier molecular flexibility index (Phi) is 4.97. The van der Waals surface area contributed by atoms with Gasteiger partial charge in [0, 0.05) is 11.8 Å². The number of aromatic hydroxyl groups is 1. The first-order valence-electron chi connectivity index (χ1n) is 6.83. The third-order valence-electron chi connectivity index (χ3n) is 3.10. The van der Waals surface area contributed by atoms with Crippen LogP contribution < -0.4 is 4.74 Å². The molecule has 6 nitrogen and oxygen atoms in total. The van der Waals surface area contributed by atoms with Gasteiger partial charge in [-0.2, -0.15) is 4.98 Å². The first-order chi connectivity index (χ1) is 10.5. The van der Waals surface area contributed by atoms with Gasteiger partial charge >= 0.3 is 5.97 Å². The van der Waals surface area contributed by atoms with Gasteiger partial charge in [0.1, 0.15) is 4.83 Å². The zero-order valence-corrected chi connectivity index (χ0v) is 13.4. The highest BCUT2D eigenvalue weighted by atomic mass is 32.1. The van der Waals surface area contributed by atoms with E-state index in [0.717, 1.165) is 0 Å². The van der Waals surface area contributed by atoms with Gasteiger partial charge in [-0.05, 0) is 19.1 Å². The summed E-state index contributed by atoms with van der Waals surface area (Å²) >= 11 is 1.21. The average Bonchev–Trinajstić information content (AvgIpc) is 2.89. The number of ether oxygens (including phenoxy) is 2. The summed E-state index contributed by atoms with van der Waals surface area (Å²) in [5, 5.41) is 10.4. The van der Waals surface area contributed by atoms with E-state index >= 15 is 0 Å². The number of Topliss-reactive ketones (excluding diaryl/α,β-unsaturated/α-hetero) is 1. The predicted octanol–water partition coefficient (Wildman–Crippen LogP) is 2.78. The van der Waals surface area contributed by atoms with Crippen LogP contribution in [0, 0.1) is 5.92 Å². The molecule has 1 N–H and O–H groups in total. The van der Waals surface area contributed by atoms with Crippen LogP contribution in [0.1, 0.15) is 29.9 Å². The highest BCUT2D eigenvalue weighted by Crippen LogP contribution is 2.33. The van der Waals surface area contributed by atoms with Crippen LogP contribution in [-0.4, -0.2) is 35.6 Å². The van der Waals surface area contributed by atoms with Crippen LogP contribution in [0.15, 0.2) is 12.1 Å². The number of thiophene rings is 1. The van der Waals surface area contributed by atoms with Crippen molar-refractivity contribution in [2.24, 2.45) is 5.92 Å². The number of fused-ring (bicyclic) bond motifs is 1. The second kappa shape index (κ2) is 6.74. The molecule has 1 atom stereocenters. The summed E-state index contributed by atoms with van der Waals surface area (Å²) in [6, 6.07) is 3.16. The topological polar surface area (TPSA) is 85.7 Å². The summed E-state index contributed by atoms with van der Waals surface area (Å²) in [5.41, 5.74) is 0. The lowest BCUT2D eigenvalue weighted by Crippen LogP contribution is -2.17. The van der Waals surface area contributed by atoms with Gasteiger partial charge in [0.2, 0.25) is 0 Å². The molecule has 22 heavy (non-hydrogen) atoms. The van der Waals surface area contributed by atoms with Crippen LogP contribution in [0.2, 0.25) is 0 Å². The van der Waals surface area contributed by atoms with Gasteiger partial charge in [-0.25, -0.2) is 0 Å². The molecule has 2 rings (SSSR count). The van der Waals surface area contributed by atoms with E-state index in [1.54, 1.807) is 19.9 Å². The predicted molar refractivity (Wildman–Crippen MR) is 82.6 cm³/mol. The minimum absolute atomic E-state index is 0.0771. The Morgan fingerprint density at radius 2 is 2.14 bits per heavy atom. The van der Waals surface area contributed by atoms with Crippen LogP contribution in [0.5, 0.6) is 11.6 Å². The number of ketones is 1. The van der Waals surface area contributed by atoms with Crippen LogP contribution in [0.4, 0.5) is 0 Å². The summed E-state index contributed by atoms with van der Waals surface area (Å²) in [5.74, 6) is -0.982. The Bertz CT molecular complexity index is 709. The molecule has 0 aromatic carbocycles.